The van der Waals surface area contributed by atoms with Crippen LogP contribution in [-0.2, 0) is 14.8 Å². The molecule has 1 N–H and O–H groups in total. The number of carbonyl (C=O) groups is 1. The highest BCUT2D eigenvalue weighted by Gasteiger charge is 2.27. The normalized spacial score (nSPS) is 11.1. The average Bonchev–Trinajstić information content (AvgIpc) is 2.69. The Kier molecular flexibility index (Phi) is 5.70. The molecule has 8 heteroatoms. The number of halogens is 2. The summed E-state index contributed by atoms with van der Waals surface area (Å²) in [6, 6.07) is 17.5. The van der Waals surface area contributed by atoms with E-state index in [0.29, 0.717) is 5.69 Å². The van der Waals surface area contributed by atoms with E-state index in [9.17, 15) is 22.0 Å². The van der Waals surface area contributed by atoms with E-state index in [-0.39, 0.29) is 10.6 Å². The summed E-state index contributed by atoms with van der Waals surface area (Å²) in [6.45, 7) is -0.513. The smallest absolute Gasteiger partial charge is 0.264 e. The van der Waals surface area contributed by atoms with Crippen LogP contribution in [0.4, 0.5) is 20.2 Å². The fraction of sp³-hybridized carbons (Fsp3) is 0.0500. The maximum atomic E-state index is 13.2. The monoisotopic (exact) mass is 402 g/mol. The van der Waals surface area contributed by atoms with E-state index in [2.05, 4.69) is 5.32 Å². The Labute approximate surface area is 161 Å². The summed E-state index contributed by atoms with van der Waals surface area (Å²) in [7, 11) is -4.12. The van der Waals surface area contributed by atoms with Crippen molar-refractivity contribution >= 4 is 27.3 Å². The van der Waals surface area contributed by atoms with E-state index in [4.69, 9.17) is 0 Å². The summed E-state index contributed by atoms with van der Waals surface area (Å²) in [5, 5.41) is 2.53. The first-order valence-corrected chi connectivity index (χ1v) is 9.69. The van der Waals surface area contributed by atoms with Gasteiger partial charge in [-0.2, -0.15) is 0 Å². The van der Waals surface area contributed by atoms with E-state index in [1.807, 2.05) is 0 Å². The Morgan fingerprint density at radius 3 is 1.93 bits per heavy atom. The van der Waals surface area contributed by atoms with E-state index in [1.54, 1.807) is 30.3 Å². The van der Waals surface area contributed by atoms with E-state index < -0.39 is 34.1 Å². The molecule has 0 fully saturated rings. The predicted molar refractivity (Wildman–Crippen MR) is 102 cm³/mol. The highest BCUT2D eigenvalue weighted by atomic mass is 32.2. The van der Waals surface area contributed by atoms with Crippen molar-refractivity contribution in [3.8, 4) is 0 Å². The molecule has 3 aromatic rings. The molecule has 0 aliphatic carbocycles. The summed E-state index contributed by atoms with van der Waals surface area (Å²) >= 11 is 0. The lowest BCUT2D eigenvalue weighted by Crippen LogP contribution is -2.38. The van der Waals surface area contributed by atoms with Gasteiger partial charge in [-0.05, 0) is 60.7 Å². The lowest BCUT2D eigenvalue weighted by atomic mass is 10.3. The number of carbonyl (C=O) groups excluding carboxylic acids is 1. The molecule has 0 saturated carbocycles. The average molecular weight is 402 g/mol. The molecular formula is C20H16F2N2O3S. The SMILES string of the molecule is O=C(CN(c1ccccc1)S(=O)(=O)c1ccc(F)cc1)Nc1ccc(F)cc1. The minimum Gasteiger partial charge on any atom is -0.325 e. The van der Waals surface area contributed by atoms with Gasteiger partial charge in [0.1, 0.15) is 18.2 Å². The Morgan fingerprint density at radius 2 is 1.36 bits per heavy atom. The molecule has 0 aromatic heterocycles. The van der Waals surface area contributed by atoms with Gasteiger partial charge in [-0.15, -0.1) is 0 Å². The summed E-state index contributed by atoms with van der Waals surface area (Å²) in [5.74, 6) is -1.64. The second-order valence-electron chi connectivity index (χ2n) is 5.86. The van der Waals surface area contributed by atoms with Crippen molar-refractivity contribution in [2.75, 3.05) is 16.2 Å². The van der Waals surface area contributed by atoms with Crippen molar-refractivity contribution in [3.63, 3.8) is 0 Å². The standard InChI is InChI=1S/C20H16F2N2O3S/c21-15-6-10-17(11-7-15)23-20(25)14-24(18-4-2-1-3-5-18)28(26,27)19-12-8-16(22)9-13-19/h1-13H,14H2,(H,23,25). The molecule has 0 atom stereocenters. The Morgan fingerprint density at radius 1 is 0.821 bits per heavy atom. The van der Waals surface area contributed by atoms with Crippen LogP contribution in [0.2, 0.25) is 0 Å². The summed E-state index contributed by atoms with van der Waals surface area (Å²) in [5.41, 5.74) is 0.611. The van der Waals surface area contributed by atoms with Crippen molar-refractivity contribution in [2.24, 2.45) is 0 Å². The third-order valence-electron chi connectivity index (χ3n) is 3.86. The lowest BCUT2D eigenvalue weighted by molar-refractivity contribution is -0.114. The largest absolute Gasteiger partial charge is 0.325 e. The van der Waals surface area contributed by atoms with Crippen molar-refractivity contribution in [2.45, 2.75) is 4.90 Å². The van der Waals surface area contributed by atoms with Crippen molar-refractivity contribution in [1.82, 2.24) is 0 Å². The quantitative estimate of drug-likeness (QED) is 0.682. The molecule has 0 unspecified atom stereocenters. The third-order valence-corrected chi connectivity index (χ3v) is 5.65. The molecule has 0 aliphatic heterocycles. The van der Waals surface area contributed by atoms with Crippen LogP contribution in [0, 0.1) is 11.6 Å². The highest BCUT2D eigenvalue weighted by Crippen LogP contribution is 2.23. The zero-order valence-electron chi connectivity index (χ0n) is 14.5. The summed E-state index contributed by atoms with van der Waals surface area (Å²) in [6.07, 6.45) is 0. The second kappa shape index (κ2) is 8.18. The third kappa shape index (κ3) is 4.52. The van der Waals surface area contributed by atoms with E-state index in [0.717, 1.165) is 28.6 Å². The minimum absolute atomic E-state index is 0.146. The molecule has 0 spiro atoms. The molecular weight excluding hydrogens is 386 g/mol. The molecule has 28 heavy (non-hydrogen) atoms. The van der Waals surface area contributed by atoms with Gasteiger partial charge in [0.15, 0.2) is 0 Å². The van der Waals surface area contributed by atoms with Gasteiger partial charge in [-0.25, -0.2) is 17.2 Å². The summed E-state index contributed by atoms with van der Waals surface area (Å²) in [4.78, 5) is 12.3. The number of anilines is 2. The number of nitrogens with one attached hydrogen (secondary N) is 1. The number of hydrogen-bond acceptors (Lipinski definition) is 3. The second-order valence-corrected chi connectivity index (χ2v) is 7.72. The van der Waals surface area contributed by atoms with Gasteiger partial charge < -0.3 is 5.32 Å². The maximum absolute atomic E-state index is 13.2. The van der Waals surface area contributed by atoms with Crippen molar-refractivity contribution < 1.29 is 22.0 Å². The molecule has 3 rings (SSSR count). The first-order valence-electron chi connectivity index (χ1n) is 8.25. The summed E-state index contributed by atoms with van der Waals surface area (Å²) < 4.78 is 53.2. The predicted octanol–water partition coefficient (Wildman–Crippen LogP) is 3.80. The van der Waals surface area contributed by atoms with Gasteiger partial charge in [0.25, 0.3) is 10.0 Å². The van der Waals surface area contributed by atoms with Gasteiger partial charge in [0.05, 0.1) is 10.6 Å². The van der Waals surface area contributed by atoms with Gasteiger partial charge in [0.2, 0.25) is 5.91 Å². The molecule has 0 bridgehead atoms. The number of para-hydroxylation sites is 1. The fourth-order valence-corrected chi connectivity index (χ4v) is 3.93. The van der Waals surface area contributed by atoms with Gasteiger partial charge in [-0.3, -0.25) is 9.10 Å². The number of rotatable bonds is 6. The Hall–Kier alpha value is -3.26. The van der Waals surface area contributed by atoms with Crippen LogP contribution in [-0.4, -0.2) is 20.9 Å². The minimum atomic E-state index is -4.12. The fourth-order valence-electron chi connectivity index (χ4n) is 2.51. The van der Waals surface area contributed by atoms with E-state index >= 15 is 0 Å². The van der Waals surface area contributed by atoms with Gasteiger partial charge in [0, 0.05) is 5.69 Å². The first-order chi connectivity index (χ1) is 13.4. The van der Waals surface area contributed by atoms with Crippen LogP contribution in [0.25, 0.3) is 0 Å². The number of sulfonamides is 1. The highest BCUT2D eigenvalue weighted by molar-refractivity contribution is 7.92. The molecule has 5 nitrogen and oxygen atoms in total. The Bertz CT molecular complexity index is 1050. The zero-order chi connectivity index (χ0) is 20.1. The van der Waals surface area contributed by atoms with Gasteiger partial charge >= 0.3 is 0 Å². The molecule has 0 heterocycles. The van der Waals surface area contributed by atoms with Crippen LogP contribution in [0.5, 0.6) is 0 Å². The molecule has 1 amide bonds. The van der Waals surface area contributed by atoms with Crippen molar-refractivity contribution in [3.05, 3.63) is 90.5 Å². The van der Waals surface area contributed by atoms with Crippen LogP contribution >= 0.6 is 0 Å². The van der Waals surface area contributed by atoms with Crippen LogP contribution in [0.15, 0.2) is 83.8 Å². The number of benzene rings is 3. The number of hydrogen-bond donors (Lipinski definition) is 1. The topological polar surface area (TPSA) is 66.5 Å². The molecule has 0 saturated heterocycles. The van der Waals surface area contributed by atoms with Crippen LogP contribution < -0.4 is 9.62 Å². The zero-order valence-corrected chi connectivity index (χ0v) is 15.4. The van der Waals surface area contributed by atoms with Crippen molar-refractivity contribution in [1.29, 1.82) is 0 Å². The number of nitrogens with zero attached hydrogens (tertiary/aromatic N) is 1. The first kappa shape index (κ1) is 19.5. The molecule has 0 aliphatic rings. The maximum Gasteiger partial charge on any atom is 0.264 e. The number of amides is 1. The molecule has 144 valence electrons. The van der Waals surface area contributed by atoms with E-state index in [1.165, 1.54) is 24.3 Å². The molecule has 0 radical (unpaired) electrons. The lowest BCUT2D eigenvalue weighted by Gasteiger charge is -2.24. The van der Waals surface area contributed by atoms with Crippen LogP contribution in [0.3, 0.4) is 0 Å². The molecule has 3 aromatic carbocycles. The van der Waals surface area contributed by atoms with Gasteiger partial charge in [-0.1, -0.05) is 18.2 Å². The Balaban J connectivity index is 1.90. The van der Waals surface area contributed by atoms with Crippen LogP contribution in [0.1, 0.15) is 0 Å².